The summed E-state index contributed by atoms with van der Waals surface area (Å²) >= 11 is 0. The van der Waals surface area contributed by atoms with E-state index in [0.717, 1.165) is 12.8 Å². The van der Waals surface area contributed by atoms with Crippen LogP contribution in [0.4, 0.5) is 0 Å². The van der Waals surface area contributed by atoms with E-state index in [2.05, 4.69) is 10.1 Å². The molecular formula is C14H22N4O3. The summed E-state index contributed by atoms with van der Waals surface area (Å²) in [6, 6.07) is 0. The molecule has 1 fully saturated rings. The van der Waals surface area contributed by atoms with Crippen molar-refractivity contribution in [3.8, 4) is 0 Å². The molecule has 21 heavy (non-hydrogen) atoms. The Balaban J connectivity index is 1.84. The first-order chi connectivity index (χ1) is 9.97. The largest absolute Gasteiger partial charge is 0.369 e. The topological polar surface area (TPSA) is 102 Å². The molecule has 0 bridgehead atoms. The summed E-state index contributed by atoms with van der Waals surface area (Å²) in [6.45, 7) is 5.08. The zero-order valence-corrected chi connectivity index (χ0v) is 12.5. The van der Waals surface area contributed by atoms with Crippen LogP contribution in [-0.4, -0.2) is 39.9 Å². The number of carbonyl (C=O) groups is 2. The number of aryl methyl sites for hydroxylation is 1. The van der Waals surface area contributed by atoms with Gasteiger partial charge in [0.1, 0.15) is 0 Å². The summed E-state index contributed by atoms with van der Waals surface area (Å²) in [7, 11) is 0. The van der Waals surface area contributed by atoms with Crippen molar-refractivity contribution < 1.29 is 14.1 Å². The molecule has 0 aromatic carbocycles. The molecule has 2 heterocycles. The van der Waals surface area contributed by atoms with Crippen LogP contribution in [0.25, 0.3) is 0 Å². The summed E-state index contributed by atoms with van der Waals surface area (Å²) in [6.07, 6.45) is 2.32. The van der Waals surface area contributed by atoms with E-state index in [1.807, 2.05) is 13.8 Å². The third-order valence-electron chi connectivity index (χ3n) is 3.73. The van der Waals surface area contributed by atoms with E-state index >= 15 is 0 Å². The highest BCUT2D eigenvalue weighted by atomic mass is 16.5. The molecule has 1 aromatic heterocycles. The number of rotatable bonds is 5. The quantitative estimate of drug-likeness (QED) is 0.867. The number of piperidine rings is 1. The van der Waals surface area contributed by atoms with Crippen LogP contribution in [0.15, 0.2) is 4.52 Å². The first-order valence-electron chi connectivity index (χ1n) is 7.37. The van der Waals surface area contributed by atoms with Crippen molar-refractivity contribution in [2.24, 2.45) is 11.7 Å². The highest BCUT2D eigenvalue weighted by molar-refractivity contribution is 5.80. The fourth-order valence-corrected chi connectivity index (χ4v) is 2.41. The van der Waals surface area contributed by atoms with Crippen LogP contribution in [0.5, 0.6) is 0 Å². The fourth-order valence-electron chi connectivity index (χ4n) is 2.41. The predicted octanol–water partition coefficient (Wildman–Crippen LogP) is 0.850. The van der Waals surface area contributed by atoms with E-state index in [1.165, 1.54) is 0 Å². The molecular weight excluding hydrogens is 272 g/mol. The van der Waals surface area contributed by atoms with Gasteiger partial charge in [-0.15, -0.1) is 0 Å². The van der Waals surface area contributed by atoms with E-state index < -0.39 is 0 Å². The Kier molecular flexibility index (Phi) is 4.93. The third kappa shape index (κ3) is 4.03. The summed E-state index contributed by atoms with van der Waals surface area (Å²) in [4.78, 5) is 29.3. The van der Waals surface area contributed by atoms with Gasteiger partial charge in [0.15, 0.2) is 5.82 Å². The highest BCUT2D eigenvalue weighted by Gasteiger charge is 2.26. The van der Waals surface area contributed by atoms with Gasteiger partial charge in [-0.2, -0.15) is 4.98 Å². The van der Waals surface area contributed by atoms with Crippen LogP contribution < -0.4 is 5.73 Å². The number of primary amides is 1. The van der Waals surface area contributed by atoms with Crippen LogP contribution in [0.3, 0.4) is 0 Å². The lowest BCUT2D eigenvalue weighted by atomic mass is 9.97. The molecule has 2 rings (SSSR count). The van der Waals surface area contributed by atoms with Gasteiger partial charge in [-0.1, -0.05) is 19.0 Å². The summed E-state index contributed by atoms with van der Waals surface area (Å²) < 4.78 is 5.12. The number of nitrogens with two attached hydrogens (primary N) is 1. The minimum Gasteiger partial charge on any atom is -0.369 e. The zero-order chi connectivity index (χ0) is 15.4. The van der Waals surface area contributed by atoms with E-state index in [0.29, 0.717) is 37.6 Å². The molecule has 1 saturated heterocycles. The molecule has 7 nitrogen and oxygen atoms in total. The second-order valence-corrected chi connectivity index (χ2v) is 5.78. The van der Waals surface area contributed by atoms with Gasteiger partial charge in [-0.05, 0) is 12.8 Å². The molecule has 0 aliphatic carbocycles. The van der Waals surface area contributed by atoms with Crippen molar-refractivity contribution >= 4 is 11.8 Å². The maximum absolute atomic E-state index is 12.2. The van der Waals surface area contributed by atoms with E-state index in [4.69, 9.17) is 10.3 Å². The van der Waals surface area contributed by atoms with Gasteiger partial charge in [0.05, 0.1) is 5.92 Å². The number of aromatic nitrogens is 2. The zero-order valence-electron chi connectivity index (χ0n) is 12.5. The second-order valence-electron chi connectivity index (χ2n) is 5.78. The fraction of sp³-hybridized carbons (Fsp3) is 0.714. The smallest absolute Gasteiger partial charge is 0.227 e. The van der Waals surface area contributed by atoms with Gasteiger partial charge in [0, 0.05) is 31.8 Å². The number of amides is 2. The summed E-state index contributed by atoms with van der Waals surface area (Å²) in [5.41, 5.74) is 5.32. The van der Waals surface area contributed by atoms with Crippen molar-refractivity contribution in [1.82, 2.24) is 15.0 Å². The molecule has 0 radical (unpaired) electrons. The lowest BCUT2D eigenvalue weighted by Crippen LogP contribution is -2.44. The molecule has 1 aliphatic rings. The Morgan fingerprint density at radius 3 is 2.86 bits per heavy atom. The molecule has 2 amide bonds. The SMILES string of the molecule is CC(C)c1noc(CCC(=O)N2CCC[C@@H](C(N)=O)C2)n1. The van der Waals surface area contributed by atoms with E-state index in [9.17, 15) is 9.59 Å². The van der Waals surface area contributed by atoms with Crippen LogP contribution in [-0.2, 0) is 16.0 Å². The van der Waals surface area contributed by atoms with E-state index in [-0.39, 0.29) is 23.7 Å². The molecule has 0 spiro atoms. The van der Waals surface area contributed by atoms with Crippen LogP contribution in [0.1, 0.15) is 50.7 Å². The first-order valence-corrected chi connectivity index (χ1v) is 7.37. The van der Waals surface area contributed by atoms with Gasteiger partial charge in [-0.25, -0.2) is 0 Å². The number of hydrogen-bond acceptors (Lipinski definition) is 5. The third-order valence-corrected chi connectivity index (χ3v) is 3.73. The number of nitrogens with zero attached hydrogens (tertiary/aromatic N) is 3. The molecule has 1 aromatic rings. The summed E-state index contributed by atoms with van der Waals surface area (Å²) in [5, 5.41) is 3.87. The molecule has 2 N–H and O–H groups in total. The molecule has 7 heteroatoms. The maximum atomic E-state index is 12.2. The van der Waals surface area contributed by atoms with Gasteiger partial charge in [-0.3, -0.25) is 9.59 Å². The van der Waals surface area contributed by atoms with Crippen molar-refractivity contribution in [3.63, 3.8) is 0 Å². The minimum absolute atomic E-state index is 0.00486. The van der Waals surface area contributed by atoms with Crippen LogP contribution >= 0.6 is 0 Å². The Labute approximate surface area is 123 Å². The maximum Gasteiger partial charge on any atom is 0.227 e. The lowest BCUT2D eigenvalue weighted by molar-refractivity contribution is -0.135. The molecule has 0 saturated carbocycles. The minimum atomic E-state index is -0.328. The monoisotopic (exact) mass is 294 g/mol. The van der Waals surface area contributed by atoms with Crippen molar-refractivity contribution in [3.05, 3.63) is 11.7 Å². The molecule has 1 atom stereocenters. The number of carbonyl (C=O) groups excluding carboxylic acids is 2. The van der Waals surface area contributed by atoms with Gasteiger partial charge >= 0.3 is 0 Å². The Morgan fingerprint density at radius 1 is 1.48 bits per heavy atom. The molecule has 1 aliphatic heterocycles. The lowest BCUT2D eigenvalue weighted by Gasteiger charge is -2.31. The Bertz CT molecular complexity index is 512. The highest BCUT2D eigenvalue weighted by Crippen LogP contribution is 2.17. The van der Waals surface area contributed by atoms with Gasteiger partial charge in [0.2, 0.25) is 17.7 Å². The van der Waals surface area contributed by atoms with E-state index in [1.54, 1.807) is 4.90 Å². The van der Waals surface area contributed by atoms with Crippen molar-refractivity contribution in [1.29, 1.82) is 0 Å². The van der Waals surface area contributed by atoms with Gasteiger partial charge < -0.3 is 15.2 Å². The number of likely N-dealkylation sites (tertiary alicyclic amines) is 1. The van der Waals surface area contributed by atoms with Crippen molar-refractivity contribution in [2.75, 3.05) is 13.1 Å². The standard InChI is InChI=1S/C14H22N4O3/c1-9(2)14-16-11(21-17-14)5-6-12(19)18-7-3-4-10(8-18)13(15)20/h9-10H,3-8H2,1-2H3,(H2,15,20)/t10-/m1/s1. The van der Waals surface area contributed by atoms with Crippen LogP contribution in [0, 0.1) is 5.92 Å². The summed E-state index contributed by atoms with van der Waals surface area (Å²) in [5.74, 6) is 0.797. The van der Waals surface area contributed by atoms with Crippen LogP contribution in [0.2, 0.25) is 0 Å². The normalized spacial score (nSPS) is 19.0. The van der Waals surface area contributed by atoms with Crippen molar-refractivity contribution in [2.45, 2.75) is 45.4 Å². The molecule has 116 valence electrons. The Hall–Kier alpha value is -1.92. The number of hydrogen-bond donors (Lipinski definition) is 1. The predicted molar refractivity (Wildman–Crippen MR) is 75.2 cm³/mol. The second kappa shape index (κ2) is 6.69. The first kappa shape index (κ1) is 15.5. The average molecular weight is 294 g/mol. The molecule has 0 unspecified atom stereocenters. The Morgan fingerprint density at radius 2 is 2.24 bits per heavy atom. The van der Waals surface area contributed by atoms with Gasteiger partial charge in [0.25, 0.3) is 0 Å². The average Bonchev–Trinajstić information content (AvgIpc) is 2.94.